The molecular formula is C17H21N3O3. The predicted molar refractivity (Wildman–Crippen MR) is 86.6 cm³/mol. The summed E-state index contributed by atoms with van der Waals surface area (Å²) in [7, 11) is 1.62. The Morgan fingerprint density at radius 3 is 2.78 bits per heavy atom. The van der Waals surface area contributed by atoms with E-state index < -0.39 is 0 Å². The largest absolute Gasteiger partial charge is 0.497 e. The Balaban J connectivity index is 1.55. The monoisotopic (exact) mass is 315 g/mol. The average molecular weight is 315 g/mol. The lowest BCUT2D eigenvalue weighted by molar-refractivity contribution is -0.115. The van der Waals surface area contributed by atoms with Gasteiger partial charge in [-0.05, 0) is 30.5 Å². The van der Waals surface area contributed by atoms with E-state index >= 15 is 0 Å². The minimum atomic E-state index is -0.0540. The van der Waals surface area contributed by atoms with Gasteiger partial charge in [0, 0.05) is 19.4 Å². The first-order valence-corrected chi connectivity index (χ1v) is 7.79. The number of rotatable bonds is 5. The van der Waals surface area contributed by atoms with Gasteiger partial charge >= 0.3 is 0 Å². The number of amides is 1. The van der Waals surface area contributed by atoms with Crippen molar-refractivity contribution in [3.63, 3.8) is 0 Å². The van der Waals surface area contributed by atoms with Gasteiger partial charge in [0.1, 0.15) is 5.75 Å². The zero-order valence-electron chi connectivity index (χ0n) is 13.2. The van der Waals surface area contributed by atoms with Crippen molar-refractivity contribution in [2.24, 2.45) is 0 Å². The summed E-state index contributed by atoms with van der Waals surface area (Å²) in [6.45, 7) is 1.54. The molecular weight excluding hydrogens is 294 g/mol. The Bertz CT molecular complexity index is 645. The number of benzene rings is 1. The standard InChI is InChI=1S/C17H21N3O3/c1-22-16-4-2-13(3-5-16)10-17(21)19-14-11-18-20(12-14)15-6-8-23-9-7-15/h2-5,11-12,15H,6-10H2,1H3,(H,19,21). The Labute approximate surface area is 135 Å². The molecule has 23 heavy (non-hydrogen) atoms. The molecule has 0 saturated carbocycles. The zero-order valence-corrected chi connectivity index (χ0v) is 13.2. The number of carbonyl (C=O) groups excluding carboxylic acids is 1. The Morgan fingerprint density at radius 1 is 1.35 bits per heavy atom. The molecule has 1 fully saturated rings. The van der Waals surface area contributed by atoms with Crippen LogP contribution in [0.2, 0.25) is 0 Å². The molecule has 122 valence electrons. The summed E-state index contributed by atoms with van der Waals surface area (Å²) in [5.74, 6) is 0.730. The number of ether oxygens (including phenoxy) is 2. The molecule has 0 radical (unpaired) electrons. The maximum absolute atomic E-state index is 12.1. The van der Waals surface area contributed by atoms with Crippen LogP contribution in [0.25, 0.3) is 0 Å². The molecule has 1 saturated heterocycles. The quantitative estimate of drug-likeness (QED) is 0.920. The second kappa shape index (κ2) is 7.28. The molecule has 0 atom stereocenters. The smallest absolute Gasteiger partial charge is 0.228 e. The summed E-state index contributed by atoms with van der Waals surface area (Å²) in [5, 5.41) is 7.25. The molecule has 0 bridgehead atoms. The average Bonchev–Trinajstić information content (AvgIpc) is 3.04. The summed E-state index contributed by atoms with van der Waals surface area (Å²) in [6, 6.07) is 7.85. The number of hydrogen-bond acceptors (Lipinski definition) is 4. The Kier molecular flexibility index (Phi) is 4.92. The maximum Gasteiger partial charge on any atom is 0.228 e. The van der Waals surface area contributed by atoms with E-state index in [0.717, 1.165) is 43.1 Å². The summed E-state index contributed by atoms with van der Waals surface area (Å²) in [5.41, 5.74) is 1.68. The summed E-state index contributed by atoms with van der Waals surface area (Å²) in [6.07, 6.45) is 5.83. The number of anilines is 1. The molecule has 1 aliphatic heterocycles. The van der Waals surface area contributed by atoms with Crippen molar-refractivity contribution in [1.29, 1.82) is 0 Å². The molecule has 0 aliphatic carbocycles. The van der Waals surface area contributed by atoms with E-state index in [0.29, 0.717) is 12.5 Å². The minimum Gasteiger partial charge on any atom is -0.497 e. The number of nitrogens with one attached hydrogen (secondary N) is 1. The van der Waals surface area contributed by atoms with Crippen molar-refractivity contribution >= 4 is 11.6 Å². The van der Waals surface area contributed by atoms with Crippen molar-refractivity contribution in [1.82, 2.24) is 9.78 Å². The van der Waals surface area contributed by atoms with Crippen LogP contribution in [0.1, 0.15) is 24.4 Å². The fraction of sp³-hybridized carbons (Fsp3) is 0.412. The van der Waals surface area contributed by atoms with Crippen LogP contribution < -0.4 is 10.1 Å². The fourth-order valence-corrected chi connectivity index (χ4v) is 2.69. The topological polar surface area (TPSA) is 65.4 Å². The summed E-state index contributed by atoms with van der Waals surface area (Å²) >= 11 is 0. The summed E-state index contributed by atoms with van der Waals surface area (Å²) < 4.78 is 12.4. The SMILES string of the molecule is COc1ccc(CC(=O)Nc2cnn(C3CCOCC3)c2)cc1. The lowest BCUT2D eigenvalue weighted by Gasteiger charge is -2.22. The van der Waals surface area contributed by atoms with Crippen LogP contribution in [-0.2, 0) is 16.0 Å². The van der Waals surface area contributed by atoms with E-state index in [9.17, 15) is 4.79 Å². The third-order valence-electron chi connectivity index (χ3n) is 3.97. The minimum absolute atomic E-state index is 0.0540. The first kappa shape index (κ1) is 15.6. The van der Waals surface area contributed by atoms with E-state index in [1.807, 2.05) is 35.1 Å². The molecule has 1 aromatic carbocycles. The van der Waals surface area contributed by atoms with Gasteiger partial charge in [-0.3, -0.25) is 9.48 Å². The molecule has 1 aliphatic rings. The highest BCUT2D eigenvalue weighted by Crippen LogP contribution is 2.21. The number of hydrogen-bond donors (Lipinski definition) is 1. The van der Waals surface area contributed by atoms with Gasteiger partial charge in [-0.15, -0.1) is 0 Å². The Hall–Kier alpha value is -2.34. The zero-order chi connectivity index (χ0) is 16.1. The van der Waals surface area contributed by atoms with Crippen molar-refractivity contribution in [2.75, 3.05) is 25.6 Å². The van der Waals surface area contributed by atoms with Gasteiger partial charge in [0.25, 0.3) is 0 Å². The lowest BCUT2D eigenvalue weighted by Crippen LogP contribution is -2.20. The van der Waals surface area contributed by atoms with Gasteiger partial charge in [-0.25, -0.2) is 0 Å². The highest BCUT2D eigenvalue weighted by atomic mass is 16.5. The van der Waals surface area contributed by atoms with Gasteiger partial charge in [0.15, 0.2) is 0 Å². The fourth-order valence-electron chi connectivity index (χ4n) is 2.69. The third-order valence-corrected chi connectivity index (χ3v) is 3.97. The van der Waals surface area contributed by atoms with E-state index in [-0.39, 0.29) is 5.91 Å². The van der Waals surface area contributed by atoms with Crippen LogP contribution in [0.15, 0.2) is 36.7 Å². The van der Waals surface area contributed by atoms with Crippen molar-refractivity contribution in [3.05, 3.63) is 42.2 Å². The number of nitrogens with zero attached hydrogens (tertiary/aromatic N) is 2. The number of carbonyl (C=O) groups is 1. The molecule has 1 amide bonds. The molecule has 0 unspecified atom stereocenters. The van der Waals surface area contributed by atoms with Crippen LogP contribution in [0.4, 0.5) is 5.69 Å². The van der Waals surface area contributed by atoms with E-state index in [2.05, 4.69) is 10.4 Å². The molecule has 1 N–H and O–H groups in total. The molecule has 6 heteroatoms. The molecule has 2 aromatic rings. The molecule has 6 nitrogen and oxygen atoms in total. The van der Waals surface area contributed by atoms with Crippen LogP contribution >= 0.6 is 0 Å². The van der Waals surface area contributed by atoms with E-state index in [1.165, 1.54) is 0 Å². The molecule has 3 rings (SSSR count). The van der Waals surface area contributed by atoms with Gasteiger partial charge in [0.05, 0.1) is 31.5 Å². The van der Waals surface area contributed by atoms with Crippen molar-refractivity contribution in [2.45, 2.75) is 25.3 Å². The second-order valence-electron chi connectivity index (χ2n) is 5.63. The second-order valence-corrected chi connectivity index (χ2v) is 5.63. The first-order chi connectivity index (χ1) is 11.2. The first-order valence-electron chi connectivity index (χ1n) is 7.79. The van der Waals surface area contributed by atoms with E-state index in [1.54, 1.807) is 13.3 Å². The normalized spacial score (nSPS) is 15.3. The van der Waals surface area contributed by atoms with Crippen LogP contribution in [0, 0.1) is 0 Å². The third kappa shape index (κ3) is 4.10. The lowest BCUT2D eigenvalue weighted by atomic mass is 10.1. The van der Waals surface area contributed by atoms with Crippen LogP contribution in [-0.4, -0.2) is 36.0 Å². The van der Waals surface area contributed by atoms with Gasteiger partial charge in [-0.1, -0.05) is 12.1 Å². The predicted octanol–water partition coefficient (Wildman–Crippen LogP) is 2.42. The molecule has 2 heterocycles. The number of aromatic nitrogens is 2. The Morgan fingerprint density at radius 2 is 2.09 bits per heavy atom. The maximum atomic E-state index is 12.1. The van der Waals surface area contributed by atoms with Crippen LogP contribution in [0.3, 0.4) is 0 Å². The van der Waals surface area contributed by atoms with Gasteiger partial charge in [0.2, 0.25) is 5.91 Å². The molecule has 1 aromatic heterocycles. The van der Waals surface area contributed by atoms with Crippen LogP contribution in [0.5, 0.6) is 5.75 Å². The highest BCUT2D eigenvalue weighted by molar-refractivity contribution is 5.92. The van der Waals surface area contributed by atoms with E-state index in [4.69, 9.17) is 9.47 Å². The molecule has 0 spiro atoms. The van der Waals surface area contributed by atoms with Crippen molar-refractivity contribution < 1.29 is 14.3 Å². The van der Waals surface area contributed by atoms with Gasteiger partial charge in [-0.2, -0.15) is 5.10 Å². The highest BCUT2D eigenvalue weighted by Gasteiger charge is 2.16. The van der Waals surface area contributed by atoms with Crippen molar-refractivity contribution in [3.8, 4) is 5.75 Å². The number of methoxy groups -OCH3 is 1. The summed E-state index contributed by atoms with van der Waals surface area (Å²) in [4.78, 5) is 12.1. The van der Waals surface area contributed by atoms with Gasteiger partial charge < -0.3 is 14.8 Å².